The van der Waals surface area contributed by atoms with E-state index in [9.17, 15) is 9.90 Å². The van der Waals surface area contributed by atoms with Crippen LogP contribution in [0, 0.1) is 17.7 Å². The molecule has 86 valence electrons. The highest BCUT2D eigenvalue weighted by molar-refractivity contribution is 6.14. The Hall–Kier alpha value is -1.84. The van der Waals surface area contributed by atoms with Gasteiger partial charge >= 0.3 is 5.97 Å². The largest absolute Gasteiger partial charge is 0.507 e. The Morgan fingerprint density at radius 2 is 1.94 bits per heavy atom. The van der Waals surface area contributed by atoms with E-state index in [1.807, 2.05) is 0 Å². The summed E-state index contributed by atoms with van der Waals surface area (Å²) in [7, 11) is 0. The summed E-state index contributed by atoms with van der Waals surface area (Å²) in [5, 5.41) is 26.6. The number of phenolic OH excluding ortho intramolecular Hbond substituents is 1. The number of aliphatic carboxylic acids is 1. The fraction of sp³-hybridized carbons (Fsp3) is 0.333. The molecular weight excluding hydrogens is 206 g/mol. The van der Waals surface area contributed by atoms with E-state index < -0.39 is 11.4 Å². The number of phenols is 1. The summed E-state index contributed by atoms with van der Waals surface area (Å²) in [4.78, 5) is 11.0. The molecule has 0 bridgehead atoms. The lowest BCUT2D eigenvalue weighted by Crippen LogP contribution is -2.33. The van der Waals surface area contributed by atoms with Gasteiger partial charge in [0, 0.05) is 5.56 Å². The Bertz CT molecular complexity index is 450. The third-order valence-corrected chi connectivity index (χ3v) is 2.67. The Labute approximate surface area is 94.1 Å². The van der Waals surface area contributed by atoms with Gasteiger partial charge in [-0.25, -0.2) is 0 Å². The molecule has 1 aromatic rings. The number of aryl methyl sites for hydroxylation is 1. The second kappa shape index (κ2) is 3.96. The highest BCUT2D eigenvalue weighted by Crippen LogP contribution is 2.29. The summed E-state index contributed by atoms with van der Waals surface area (Å²) in [6.45, 7) is 4.60. The van der Waals surface area contributed by atoms with Gasteiger partial charge in [0.2, 0.25) is 0 Å². The molecule has 0 amide bonds. The first-order valence-electron chi connectivity index (χ1n) is 4.90. The van der Waals surface area contributed by atoms with Crippen LogP contribution in [0.4, 0.5) is 0 Å². The number of para-hydroxylation sites is 1. The van der Waals surface area contributed by atoms with Crippen LogP contribution in [0.2, 0.25) is 0 Å². The van der Waals surface area contributed by atoms with E-state index >= 15 is 0 Å². The predicted molar refractivity (Wildman–Crippen MR) is 61.1 cm³/mol. The van der Waals surface area contributed by atoms with Crippen LogP contribution in [0.1, 0.15) is 25.0 Å². The normalized spacial score (nSPS) is 11.2. The molecule has 0 saturated heterocycles. The van der Waals surface area contributed by atoms with Crippen molar-refractivity contribution >= 4 is 11.7 Å². The van der Waals surface area contributed by atoms with Crippen LogP contribution in [0.25, 0.3) is 0 Å². The summed E-state index contributed by atoms with van der Waals surface area (Å²) >= 11 is 0. The highest BCUT2D eigenvalue weighted by Gasteiger charge is 2.34. The van der Waals surface area contributed by atoms with Gasteiger partial charge < -0.3 is 15.6 Å². The zero-order valence-corrected chi connectivity index (χ0v) is 9.53. The Balaban J connectivity index is 3.26. The lowest BCUT2D eigenvalue weighted by Gasteiger charge is -2.21. The molecule has 0 aliphatic rings. The zero-order chi connectivity index (χ0) is 12.5. The van der Waals surface area contributed by atoms with Crippen molar-refractivity contribution < 1.29 is 15.0 Å². The first-order chi connectivity index (χ1) is 7.28. The molecule has 0 saturated carbocycles. The molecule has 1 aromatic carbocycles. The molecule has 1 rings (SSSR count). The topological polar surface area (TPSA) is 81.4 Å². The van der Waals surface area contributed by atoms with Crippen LogP contribution in [0.15, 0.2) is 18.2 Å². The summed E-state index contributed by atoms with van der Waals surface area (Å²) in [6.07, 6.45) is 0. The molecule has 0 unspecified atom stereocenters. The Morgan fingerprint density at radius 3 is 2.44 bits per heavy atom. The molecule has 4 nitrogen and oxygen atoms in total. The maximum Gasteiger partial charge on any atom is 0.315 e. The summed E-state index contributed by atoms with van der Waals surface area (Å²) in [6, 6.07) is 4.95. The summed E-state index contributed by atoms with van der Waals surface area (Å²) in [5.74, 6) is -1.11. The molecular formula is C12H15NO3. The molecule has 16 heavy (non-hydrogen) atoms. The van der Waals surface area contributed by atoms with Crippen molar-refractivity contribution in [1.82, 2.24) is 0 Å². The predicted octanol–water partition coefficient (Wildman–Crippen LogP) is 2.18. The van der Waals surface area contributed by atoms with Gasteiger partial charge in [0.15, 0.2) is 0 Å². The minimum Gasteiger partial charge on any atom is -0.507 e. The van der Waals surface area contributed by atoms with Crippen LogP contribution in [0.5, 0.6) is 5.75 Å². The molecule has 0 radical (unpaired) electrons. The van der Waals surface area contributed by atoms with E-state index in [1.54, 1.807) is 25.1 Å². The molecule has 0 aliphatic heterocycles. The number of hydrogen-bond acceptors (Lipinski definition) is 3. The number of carboxylic acid groups (broad SMARTS) is 1. The van der Waals surface area contributed by atoms with E-state index in [1.165, 1.54) is 13.8 Å². The van der Waals surface area contributed by atoms with Gasteiger partial charge in [0.1, 0.15) is 11.2 Å². The maximum absolute atomic E-state index is 11.0. The van der Waals surface area contributed by atoms with Crippen LogP contribution >= 0.6 is 0 Å². The van der Waals surface area contributed by atoms with E-state index in [-0.39, 0.29) is 17.0 Å². The van der Waals surface area contributed by atoms with Gasteiger partial charge in [-0.2, -0.15) is 0 Å². The van der Waals surface area contributed by atoms with Crippen molar-refractivity contribution in [2.24, 2.45) is 5.41 Å². The molecule has 0 atom stereocenters. The molecule has 4 heteroatoms. The van der Waals surface area contributed by atoms with Crippen molar-refractivity contribution in [3.05, 3.63) is 29.3 Å². The second-order valence-electron chi connectivity index (χ2n) is 4.28. The smallest absolute Gasteiger partial charge is 0.315 e. The van der Waals surface area contributed by atoms with E-state index in [0.717, 1.165) is 0 Å². The molecule has 0 fully saturated rings. The molecule has 0 aromatic heterocycles. The highest BCUT2D eigenvalue weighted by atomic mass is 16.4. The number of rotatable bonds is 3. The van der Waals surface area contributed by atoms with Crippen LogP contribution < -0.4 is 0 Å². The zero-order valence-electron chi connectivity index (χ0n) is 9.53. The van der Waals surface area contributed by atoms with Crippen molar-refractivity contribution in [3.8, 4) is 5.75 Å². The average Bonchev–Trinajstić information content (AvgIpc) is 2.21. The molecule has 0 aliphatic carbocycles. The fourth-order valence-corrected chi connectivity index (χ4v) is 1.30. The van der Waals surface area contributed by atoms with Gasteiger partial charge in [-0.3, -0.25) is 4.79 Å². The first-order valence-corrected chi connectivity index (χ1v) is 4.90. The summed E-state index contributed by atoms with van der Waals surface area (Å²) < 4.78 is 0. The first kappa shape index (κ1) is 12.2. The number of benzene rings is 1. The average molecular weight is 221 g/mol. The molecule has 3 N–H and O–H groups in total. The van der Waals surface area contributed by atoms with E-state index in [0.29, 0.717) is 5.56 Å². The third kappa shape index (κ3) is 1.91. The molecule has 0 heterocycles. The van der Waals surface area contributed by atoms with Crippen molar-refractivity contribution in [3.63, 3.8) is 0 Å². The Kier molecular flexibility index (Phi) is 3.03. The number of nitrogens with one attached hydrogen (secondary N) is 1. The van der Waals surface area contributed by atoms with Crippen molar-refractivity contribution in [1.29, 1.82) is 5.41 Å². The fourth-order valence-electron chi connectivity index (χ4n) is 1.30. The summed E-state index contributed by atoms with van der Waals surface area (Å²) in [5.41, 5.74) is -0.511. The van der Waals surface area contributed by atoms with Gasteiger partial charge in [-0.1, -0.05) is 12.1 Å². The van der Waals surface area contributed by atoms with Gasteiger partial charge in [0.25, 0.3) is 0 Å². The number of carbonyl (C=O) groups is 1. The lowest BCUT2D eigenvalue weighted by molar-refractivity contribution is -0.143. The van der Waals surface area contributed by atoms with Crippen LogP contribution in [-0.2, 0) is 4.79 Å². The quantitative estimate of drug-likeness (QED) is 0.684. The van der Waals surface area contributed by atoms with Crippen LogP contribution in [0.3, 0.4) is 0 Å². The van der Waals surface area contributed by atoms with Crippen molar-refractivity contribution in [2.75, 3.05) is 0 Å². The monoisotopic (exact) mass is 221 g/mol. The minimum absolute atomic E-state index is 0.0261. The van der Waals surface area contributed by atoms with E-state index in [2.05, 4.69) is 0 Å². The second-order valence-corrected chi connectivity index (χ2v) is 4.28. The van der Waals surface area contributed by atoms with Gasteiger partial charge in [-0.05, 0) is 32.4 Å². The van der Waals surface area contributed by atoms with Gasteiger partial charge in [0.05, 0.1) is 5.71 Å². The van der Waals surface area contributed by atoms with E-state index in [4.69, 9.17) is 10.5 Å². The maximum atomic E-state index is 11.0. The standard InChI is InChI=1S/C12H15NO3/c1-7-5-4-6-8(9(7)14)10(13)12(2,3)11(15)16/h4-6,13-14H,1-3H3,(H,15,16). The third-order valence-electron chi connectivity index (χ3n) is 2.67. The number of hydrogen-bond donors (Lipinski definition) is 3. The minimum atomic E-state index is -1.31. The number of aromatic hydroxyl groups is 1. The Morgan fingerprint density at radius 1 is 1.38 bits per heavy atom. The number of carboxylic acids is 1. The lowest BCUT2D eigenvalue weighted by atomic mass is 9.83. The van der Waals surface area contributed by atoms with Crippen LogP contribution in [-0.4, -0.2) is 21.9 Å². The van der Waals surface area contributed by atoms with Crippen molar-refractivity contribution in [2.45, 2.75) is 20.8 Å². The van der Waals surface area contributed by atoms with Gasteiger partial charge in [-0.15, -0.1) is 0 Å². The molecule has 0 spiro atoms. The SMILES string of the molecule is Cc1cccc(C(=N)C(C)(C)C(=O)O)c1O.